The third-order valence-electron chi connectivity index (χ3n) is 3.74. The third kappa shape index (κ3) is 2.52. The maximum Gasteiger partial charge on any atom is 0.134 e. The summed E-state index contributed by atoms with van der Waals surface area (Å²) in [5.41, 5.74) is 3.33. The zero-order chi connectivity index (χ0) is 15.3. The SMILES string of the molecule is N#CSC(c1ccccc1)(c1ccccc1)c1ccccc1. The van der Waals surface area contributed by atoms with Crippen LogP contribution in [0.5, 0.6) is 0 Å². The first-order valence-corrected chi connectivity index (χ1v) is 7.93. The lowest BCUT2D eigenvalue weighted by atomic mass is 9.84. The van der Waals surface area contributed by atoms with Crippen molar-refractivity contribution >= 4 is 11.8 Å². The normalized spacial score (nSPS) is 10.9. The summed E-state index contributed by atoms with van der Waals surface area (Å²) in [7, 11) is 0. The van der Waals surface area contributed by atoms with Gasteiger partial charge < -0.3 is 0 Å². The molecule has 1 nitrogen and oxygen atoms in total. The number of benzene rings is 3. The van der Waals surface area contributed by atoms with Gasteiger partial charge in [0.05, 0.1) is 0 Å². The second kappa shape index (κ2) is 6.51. The maximum absolute atomic E-state index is 9.50. The van der Waals surface area contributed by atoms with E-state index in [1.807, 2.05) is 54.6 Å². The molecule has 106 valence electrons. The topological polar surface area (TPSA) is 23.8 Å². The van der Waals surface area contributed by atoms with Gasteiger partial charge in [-0.1, -0.05) is 91.0 Å². The van der Waals surface area contributed by atoms with Crippen molar-refractivity contribution in [2.45, 2.75) is 4.75 Å². The lowest BCUT2D eigenvalue weighted by Crippen LogP contribution is -2.24. The minimum Gasteiger partial charge on any atom is -0.185 e. The minimum absolute atomic E-state index is 0.515. The van der Waals surface area contributed by atoms with Crippen LogP contribution in [0.25, 0.3) is 0 Å². The highest BCUT2D eigenvalue weighted by atomic mass is 32.2. The van der Waals surface area contributed by atoms with Crippen LogP contribution >= 0.6 is 11.8 Å². The minimum atomic E-state index is -0.515. The van der Waals surface area contributed by atoms with E-state index in [1.54, 1.807) is 0 Å². The molecule has 3 aromatic carbocycles. The summed E-state index contributed by atoms with van der Waals surface area (Å²) in [4.78, 5) is 0. The Hall–Kier alpha value is -2.50. The largest absolute Gasteiger partial charge is 0.185 e. The van der Waals surface area contributed by atoms with Crippen LogP contribution in [0.2, 0.25) is 0 Å². The molecule has 3 aromatic rings. The quantitative estimate of drug-likeness (QED) is 0.489. The van der Waals surface area contributed by atoms with E-state index >= 15 is 0 Å². The molecule has 0 unspecified atom stereocenters. The second-order valence-corrected chi connectivity index (χ2v) is 5.97. The van der Waals surface area contributed by atoms with E-state index in [2.05, 4.69) is 41.8 Å². The van der Waals surface area contributed by atoms with E-state index in [1.165, 1.54) is 11.8 Å². The van der Waals surface area contributed by atoms with Gasteiger partial charge >= 0.3 is 0 Å². The van der Waals surface area contributed by atoms with Crippen molar-refractivity contribution in [3.8, 4) is 5.40 Å². The molecule has 0 atom stereocenters. The molecule has 0 fully saturated rings. The standard InChI is InChI=1S/C20H15NS/c21-16-22-20(17-10-4-1-5-11-17,18-12-6-2-7-13-18)19-14-8-3-9-15-19/h1-15H. The predicted molar refractivity (Wildman–Crippen MR) is 92.4 cm³/mol. The molecular formula is C20H15NS. The number of nitrogens with zero attached hydrogens (tertiary/aromatic N) is 1. The Balaban J connectivity index is 2.32. The molecule has 0 bridgehead atoms. The maximum atomic E-state index is 9.50. The van der Waals surface area contributed by atoms with Crippen LogP contribution in [0.1, 0.15) is 16.7 Å². The number of hydrogen-bond acceptors (Lipinski definition) is 2. The van der Waals surface area contributed by atoms with Crippen LogP contribution in [0.3, 0.4) is 0 Å². The Bertz CT molecular complexity index is 664. The highest BCUT2D eigenvalue weighted by molar-refractivity contribution is 8.05. The van der Waals surface area contributed by atoms with E-state index in [0.29, 0.717) is 0 Å². The lowest BCUT2D eigenvalue weighted by Gasteiger charge is -2.32. The van der Waals surface area contributed by atoms with E-state index in [9.17, 15) is 5.26 Å². The molecule has 22 heavy (non-hydrogen) atoms. The summed E-state index contributed by atoms with van der Waals surface area (Å²) in [6.07, 6.45) is 0. The molecule has 0 aromatic heterocycles. The van der Waals surface area contributed by atoms with Gasteiger partial charge in [0.1, 0.15) is 10.1 Å². The van der Waals surface area contributed by atoms with Crippen LogP contribution in [-0.2, 0) is 4.75 Å². The van der Waals surface area contributed by atoms with Crippen molar-refractivity contribution in [2.75, 3.05) is 0 Å². The molecule has 0 amide bonds. The summed E-state index contributed by atoms with van der Waals surface area (Å²) in [5, 5.41) is 11.8. The molecular weight excluding hydrogens is 286 g/mol. The average molecular weight is 301 g/mol. The summed E-state index contributed by atoms with van der Waals surface area (Å²) in [5.74, 6) is 0. The molecule has 0 aliphatic rings. The fraction of sp³-hybridized carbons (Fsp3) is 0.0500. The first-order valence-electron chi connectivity index (χ1n) is 7.11. The molecule has 0 saturated carbocycles. The van der Waals surface area contributed by atoms with Crippen molar-refractivity contribution in [2.24, 2.45) is 0 Å². The summed E-state index contributed by atoms with van der Waals surface area (Å²) in [6.45, 7) is 0. The van der Waals surface area contributed by atoms with E-state index in [4.69, 9.17) is 0 Å². The van der Waals surface area contributed by atoms with Crippen LogP contribution in [0, 0.1) is 10.7 Å². The van der Waals surface area contributed by atoms with Crippen molar-refractivity contribution < 1.29 is 0 Å². The van der Waals surface area contributed by atoms with E-state index in [0.717, 1.165) is 16.7 Å². The van der Waals surface area contributed by atoms with Gasteiger partial charge in [0.25, 0.3) is 0 Å². The molecule has 0 aliphatic heterocycles. The Morgan fingerprint density at radius 3 is 1.18 bits per heavy atom. The van der Waals surface area contributed by atoms with Crippen molar-refractivity contribution in [1.29, 1.82) is 5.26 Å². The molecule has 0 N–H and O–H groups in total. The highest BCUT2D eigenvalue weighted by Gasteiger charge is 2.37. The fourth-order valence-electron chi connectivity index (χ4n) is 2.76. The predicted octanol–water partition coefficient (Wildman–Crippen LogP) is 5.19. The smallest absolute Gasteiger partial charge is 0.134 e. The van der Waals surface area contributed by atoms with Crippen molar-refractivity contribution in [3.05, 3.63) is 108 Å². The molecule has 0 aliphatic carbocycles. The Labute approximate surface area is 135 Å². The number of hydrogen-bond donors (Lipinski definition) is 0. The first kappa shape index (κ1) is 14.4. The van der Waals surface area contributed by atoms with Gasteiger partial charge in [-0.2, -0.15) is 5.26 Å². The van der Waals surface area contributed by atoms with Gasteiger partial charge in [-0.25, -0.2) is 0 Å². The first-order chi connectivity index (χ1) is 10.9. The van der Waals surface area contributed by atoms with Gasteiger partial charge in [-0.15, -0.1) is 0 Å². The monoisotopic (exact) mass is 301 g/mol. The lowest BCUT2D eigenvalue weighted by molar-refractivity contribution is 0.900. The van der Waals surface area contributed by atoms with Gasteiger partial charge in [-0.05, 0) is 28.5 Å². The number of rotatable bonds is 4. The molecule has 0 spiro atoms. The fourth-order valence-corrected chi connectivity index (χ4v) is 3.66. The Morgan fingerprint density at radius 2 is 0.909 bits per heavy atom. The van der Waals surface area contributed by atoms with E-state index in [-0.39, 0.29) is 0 Å². The average Bonchev–Trinajstić information content (AvgIpc) is 2.62. The summed E-state index contributed by atoms with van der Waals surface area (Å²) < 4.78 is -0.515. The Kier molecular flexibility index (Phi) is 4.27. The van der Waals surface area contributed by atoms with Crippen LogP contribution in [0.4, 0.5) is 0 Å². The van der Waals surface area contributed by atoms with Gasteiger partial charge in [-0.3, -0.25) is 0 Å². The second-order valence-electron chi connectivity index (χ2n) is 4.97. The van der Waals surface area contributed by atoms with Crippen molar-refractivity contribution in [1.82, 2.24) is 0 Å². The molecule has 2 heteroatoms. The number of nitriles is 1. The zero-order valence-corrected chi connectivity index (χ0v) is 12.8. The molecule has 3 rings (SSSR count). The van der Waals surface area contributed by atoms with Crippen LogP contribution in [-0.4, -0.2) is 0 Å². The van der Waals surface area contributed by atoms with Crippen molar-refractivity contribution in [3.63, 3.8) is 0 Å². The molecule has 0 heterocycles. The molecule has 0 saturated heterocycles. The van der Waals surface area contributed by atoms with Gasteiger partial charge in [0.15, 0.2) is 0 Å². The number of thiocyanates is 1. The Morgan fingerprint density at radius 1 is 0.591 bits per heavy atom. The van der Waals surface area contributed by atoms with Crippen LogP contribution < -0.4 is 0 Å². The van der Waals surface area contributed by atoms with Crippen LogP contribution in [0.15, 0.2) is 91.0 Å². The zero-order valence-electron chi connectivity index (χ0n) is 12.0. The van der Waals surface area contributed by atoms with E-state index < -0.39 is 4.75 Å². The number of thioether (sulfide) groups is 1. The summed E-state index contributed by atoms with van der Waals surface area (Å²) >= 11 is 1.29. The molecule has 0 radical (unpaired) electrons. The van der Waals surface area contributed by atoms with Gasteiger partial charge in [0, 0.05) is 0 Å². The highest BCUT2D eigenvalue weighted by Crippen LogP contribution is 2.47. The van der Waals surface area contributed by atoms with Gasteiger partial charge in [0.2, 0.25) is 0 Å². The summed E-state index contributed by atoms with van der Waals surface area (Å²) in [6, 6.07) is 30.7. The third-order valence-corrected chi connectivity index (χ3v) is 4.84.